The summed E-state index contributed by atoms with van der Waals surface area (Å²) in [6.45, 7) is 2.16. The molecule has 2 aliphatic heterocycles. The first kappa shape index (κ1) is 19.9. The minimum Gasteiger partial charge on any atom is -0.478 e. The van der Waals surface area contributed by atoms with Crippen molar-refractivity contribution in [1.82, 2.24) is 0 Å². The molecule has 3 rings (SSSR count). The zero-order valence-corrected chi connectivity index (χ0v) is 16.1. The zero-order chi connectivity index (χ0) is 19.2. The number of aliphatic hydroxyl groups is 1. The van der Waals surface area contributed by atoms with Crippen molar-refractivity contribution in [2.75, 3.05) is 0 Å². The van der Waals surface area contributed by atoms with Gasteiger partial charge in [0.2, 0.25) is 0 Å². The lowest BCUT2D eigenvalue weighted by Gasteiger charge is -2.24. The molecule has 1 aromatic rings. The van der Waals surface area contributed by atoms with Crippen LogP contribution >= 0.6 is 0 Å². The van der Waals surface area contributed by atoms with Crippen LogP contribution in [0.3, 0.4) is 0 Å². The molecule has 0 spiro atoms. The second kappa shape index (κ2) is 9.39. The van der Waals surface area contributed by atoms with Crippen LogP contribution in [-0.4, -0.2) is 34.5 Å². The maximum atomic E-state index is 11.0. The molecule has 2 aliphatic rings. The lowest BCUT2D eigenvalue weighted by Crippen LogP contribution is -2.27. The van der Waals surface area contributed by atoms with E-state index in [1.807, 2.05) is 12.1 Å². The number of aryl methyl sites for hydroxylation is 1. The van der Waals surface area contributed by atoms with Gasteiger partial charge in [-0.05, 0) is 56.2 Å². The van der Waals surface area contributed by atoms with E-state index >= 15 is 0 Å². The molecule has 2 fully saturated rings. The van der Waals surface area contributed by atoms with Crippen LogP contribution in [0.25, 0.3) is 0 Å². The summed E-state index contributed by atoms with van der Waals surface area (Å²) in [6, 6.07) is 7.13. The third-order valence-electron chi connectivity index (χ3n) is 5.89. The Bertz CT molecular complexity index is 685. The van der Waals surface area contributed by atoms with E-state index in [0.717, 1.165) is 56.9 Å². The van der Waals surface area contributed by atoms with Crippen molar-refractivity contribution in [3.8, 4) is 11.8 Å². The number of carboxylic acids is 1. The maximum Gasteiger partial charge on any atom is 0.335 e. The Morgan fingerprint density at radius 3 is 2.67 bits per heavy atom. The fraction of sp³-hybridized carbons (Fsp3) is 0.609. The first-order chi connectivity index (χ1) is 13.1. The minimum atomic E-state index is -0.893. The summed E-state index contributed by atoms with van der Waals surface area (Å²) in [5, 5.41) is 19.1. The maximum absolute atomic E-state index is 11.0. The van der Waals surface area contributed by atoms with Gasteiger partial charge in [-0.1, -0.05) is 43.7 Å². The molecule has 4 nitrogen and oxygen atoms in total. The Morgan fingerprint density at radius 2 is 1.96 bits per heavy atom. The van der Waals surface area contributed by atoms with Crippen molar-refractivity contribution in [3.05, 3.63) is 35.4 Å². The first-order valence-electron chi connectivity index (χ1n) is 10.2. The van der Waals surface area contributed by atoms with Gasteiger partial charge in [-0.25, -0.2) is 4.79 Å². The standard InChI is InChI=1S/C23H30O4/c1-2-3-4-5-18(24)11-13-20-19(21-14-15-22(20)27-21)12-8-16-6-9-17(10-7-16)23(25)26/h6-7,9-10,18-22,24H,2-5,8,12,14-15H2,1H3,(H,25,26)/t18?,19-,20-,21+,22-/m1/s1. The molecule has 2 heterocycles. The number of hydrogen-bond donors (Lipinski definition) is 2. The summed E-state index contributed by atoms with van der Waals surface area (Å²) in [6.07, 6.45) is 8.08. The van der Waals surface area contributed by atoms with E-state index < -0.39 is 12.1 Å². The fourth-order valence-electron chi connectivity index (χ4n) is 4.34. The highest BCUT2D eigenvalue weighted by Crippen LogP contribution is 2.45. The molecule has 0 saturated carbocycles. The normalized spacial score (nSPS) is 27.2. The summed E-state index contributed by atoms with van der Waals surface area (Å²) in [4.78, 5) is 11.0. The van der Waals surface area contributed by atoms with Crippen LogP contribution in [0.4, 0.5) is 0 Å². The molecule has 2 N–H and O–H groups in total. The first-order valence-corrected chi connectivity index (χ1v) is 10.2. The molecule has 1 aromatic carbocycles. The van der Waals surface area contributed by atoms with Crippen LogP contribution in [0.15, 0.2) is 24.3 Å². The molecule has 0 aromatic heterocycles. The molecule has 2 saturated heterocycles. The summed E-state index contributed by atoms with van der Waals surface area (Å²) in [5.74, 6) is 6.14. The number of benzene rings is 1. The smallest absolute Gasteiger partial charge is 0.335 e. The highest BCUT2D eigenvalue weighted by Gasteiger charge is 2.47. The van der Waals surface area contributed by atoms with E-state index in [9.17, 15) is 9.90 Å². The van der Waals surface area contributed by atoms with Crippen molar-refractivity contribution >= 4 is 5.97 Å². The van der Waals surface area contributed by atoms with Gasteiger partial charge in [-0.3, -0.25) is 0 Å². The monoisotopic (exact) mass is 370 g/mol. The molecule has 4 heteroatoms. The summed E-state index contributed by atoms with van der Waals surface area (Å²) < 4.78 is 6.11. The molecule has 1 unspecified atom stereocenters. The van der Waals surface area contributed by atoms with E-state index in [4.69, 9.17) is 9.84 Å². The number of unbranched alkanes of at least 4 members (excludes halogenated alkanes) is 2. The highest BCUT2D eigenvalue weighted by atomic mass is 16.5. The van der Waals surface area contributed by atoms with Gasteiger partial charge in [0.05, 0.1) is 23.7 Å². The Labute approximate surface area is 161 Å². The van der Waals surface area contributed by atoms with E-state index in [1.165, 1.54) is 0 Å². The molecule has 27 heavy (non-hydrogen) atoms. The Hall–Kier alpha value is -1.83. The van der Waals surface area contributed by atoms with Crippen LogP contribution in [-0.2, 0) is 11.2 Å². The summed E-state index contributed by atoms with van der Waals surface area (Å²) >= 11 is 0. The van der Waals surface area contributed by atoms with Gasteiger partial charge in [-0.2, -0.15) is 0 Å². The average Bonchev–Trinajstić information content (AvgIpc) is 3.26. The SMILES string of the molecule is CCCCCC(O)C#C[C@@H]1[C@@H](CCc2ccc(C(=O)O)cc2)[C@@H]2CC[C@H]1O2. The van der Waals surface area contributed by atoms with E-state index in [1.54, 1.807) is 12.1 Å². The third kappa shape index (κ3) is 5.12. The van der Waals surface area contributed by atoms with Gasteiger partial charge in [0, 0.05) is 5.92 Å². The molecule has 5 atom stereocenters. The number of carbonyl (C=O) groups is 1. The topological polar surface area (TPSA) is 66.8 Å². The largest absolute Gasteiger partial charge is 0.478 e. The van der Waals surface area contributed by atoms with Crippen LogP contribution in [0.2, 0.25) is 0 Å². The van der Waals surface area contributed by atoms with Crippen LogP contribution < -0.4 is 0 Å². The third-order valence-corrected chi connectivity index (χ3v) is 5.89. The number of ether oxygens (including phenoxy) is 1. The Balaban J connectivity index is 1.57. The number of carboxylic acid groups (broad SMARTS) is 1. The van der Waals surface area contributed by atoms with Crippen molar-refractivity contribution in [2.24, 2.45) is 11.8 Å². The lowest BCUT2D eigenvalue weighted by molar-refractivity contribution is 0.0697. The van der Waals surface area contributed by atoms with Gasteiger partial charge in [0.15, 0.2) is 0 Å². The van der Waals surface area contributed by atoms with E-state index in [0.29, 0.717) is 11.5 Å². The molecule has 146 valence electrons. The van der Waals surface area contributed by atoms with Gasteiger partial charge in [-0.15, -0.1) is 0 Å². The molecule has 0 amide bonds. The molecular formula is C23H30O4. The quantitative estimate of drug-likeness (QED) is 0.535. The fourth-order valence-corrected chi connectivity index (χ4v) is 4.34. The van der Waals surface area contributed by atoms with E-state index in [2.05, 4.69) is 18.8 Å². The van der Waals surface area contributed by atoms with Crippen molar-refractivity contribution in [2.45, 2.75) is 76.6 Å². The molecular weight excluding hydrogens is 340 g/mol. The van der Waals surface area contributed by atoms with Crippen LogP contribution in [0.1, 0.15) is 67.8 Å². The van der Waals surface area contributed by atoms with Crippen molar-refractivity contribution < 1.29 is 19.7 Å². The van der Waals surface area contributed by atoms with Crippen LogP contribution in [0.5, 0.6) is 0 Å². The summed E-state index contributed by atoms with van der Waals surface area (Å²) in [5.41, 5.74) is 1.47. The van der Waals surface area contributed by atoms with Gasteiger partial charge < -0.3 is 14.9 Å². The number of hydrogen-bond acceptors (Lipinski definition) is 3. The van der Waals surface area contributed by atoms with Gasteiger partial charge >= 0.3 is 5.97 Å². The Morgan fingerprint density at radius 1 is 1.22 bits per heavy atom. The second-order valence-corrected chi connectivity index (χ2v) is 7.82. The predicted molar refractivity (Wildman–Crippen MR) is 105 cm³/mol. The molecule has 2 bridgehead atoms. The van der Waals surface area contributed by atoms with Gasteiger partial charge in [0.25, 0.3) is 0 Å². The van der Waals surface area contributed by atoms with E-state index in [-0.39, 0.29) is 18.1 Å². The lowest BCUT2D eigenvalue weighted by atomic mass is 9.76. The Kier molecular flexibility index (Phi) is 6.93. The molecule has 0 aliphatic carbocycles. The number of rotatable bonds is 8. The van der Waals surface area contributed by atoms with Crippen LogP contribution in [0, 0.1) is 23.7 Å². The number of fused-ring (bicyclic) bond motifs is 2. The zero-order valence-electron chi connectivity index (χ0n) is 16.1. The predicted octanol–water partition coefficient (Wildman–Crippen LogP) is 4.06. The highest BCUT2D eigenvalue weighted by molar-refractivity contribution is 5.87. The molecule has 0 radical (unpaired) electrons. The number of aromatic carboxylic acids is 1. The van der Waals surface area contributed by atoms with Gasteiger partial charge in [0.1, 0.15) is 6.10 Å². The van der Waals surface area contributed by atoms with Crippen molar-refractivity contribution in [1.29, 1.82) is 0 Å². The number of aliphatic hydroxyl groups excluding tert-OH is 1. The second-order valence-electron chi connectivity index (χ2n) is 7.82. The minimum absolute atomic E-state index is 0.211. The van der Waals surface area contributed by atoms with Crippen molar-refractivity contribution in [3.63, 3.8) is 0 Å². The summed E-state index contributed by atoms with van der Waals surface area (Å²) in [7, 11) is 0. The average molecular weight is 370 g/mol.